The van der Waals surface area contributed by atoms with E-state index in [-0.39, 0.29) is 5.41 Å². The summed E-state index contributed by atoms with van der Waals surface area (Å²) < 4.78 is 4.00. The minimum atomic E-state index is -0.0642. The maximum atomic E-state index is 5.06. The van der Waals surface area contributed by atoms with Crippen LogP contribution in [0, 0.1) is 0 Å². The third-order valence-electron chi connectivity index (χ3n) is 21.5. The van der Waals surface area contributed by atoms with Gasteiger partial charge in [0.1, 0.15) is 44.8 Å². The van der Waals surface area contributed by atoms with E-state index in [2.05, 4.69) is 292 Å². The van der Waals surface area contributed by atoms with E-state index in [9.17, 15) is 0 Å². The molecule has 13 aromatic carbocycles. The maximum Gasteiger partial charge on any atom is 0.160 e. The molecule has 0 spiro atoms. The molecule has 0 saturated heterocycles. The van der Waals surface area contributed by atoms with Crippen molar-refractivity contribution in [2.75, 3.05) is 0 Å². The quantitative estimate of drug-likeness (QED) is 0.128. The highest BCUT2D eigenvalue weighted by atomic mass is 79.9. The third-order valence-corrected chi connectivity index (χ3v) is 23.5. The Kier molecular flexibility index (Phi) is 21.6. The molecule has 0 unspecified atom stereocenters. The predicted octanol–water partition coefficient (Wildman–Crippen LogP) is 28.4. The molecule has 0 atom stereocenters. The average Bonchev–Trinajstić information content (AvgIpc) is 1.57. The second-order valence-electron chi connectivity index (χ2n) is 29.7. The van der Waals surface area contributed by atoms with Crippen molar-refractivity contribution in [3.8, 4) is 124 Å². The van der Waals surface area contributed by atoms with E-state index in [0.717, 1.165) is 157 Å². The van der Waals surface area contributed by atoms with Crippen LogP contribution in [0.2, 0.25) is 0 Å². The molecule has 0 radical (unpaired) electrons. The van der Waals surface area contributed by atoms with Gasteiger partial charge in [0.2, 0.25) is 0 Å². The Bertz CT molecular complexity index is 7470. The molecular weight excluding hydrogens is 1750 g/mol. The van der Waals surface area contributed by atoms with Crippen LogP contribution in [0.5, 0.6) is 0 Å². The van der Waals surface area contributed by atoms with Crippen molar-refractivity contribution < 1.29 is 0 Å². The lowest BCUT2D eigenvalue weighted by molar-refractivity contribution is 0.660. The van der Waals surface area contributed by atoms with Gasteiger partial charge in [-0.2, -0.15) is 0 Å². The van der Waals surface area contributed by atoms with Crippen LogP contribution in [0.15, 0.2) is 395 Å². The molecule has 21 aromatic rings. The molecule has 576 valence electrons. The maximum absolute atomic E-state index is 5.06. The first-order chi connectivity index (χ1) is 59.3. The molecular formula is C105H68Br4N12. The van der Waals surface area contributed by atoms with Gasteiger partial charge >= 0.3 is 0 Å². The zero-order valence-corrected chi connectivity index (χ0v) is 71.5. The van der Waals surface area contributed by atoms with E-state index in [4.69, 9.17) is 39.9 Å². The third kappa shape index (κ3) is 16.2. The Labute approximate surface area is 732 Å². The zero-order chi connectivity index (χ0) is 81.9. The van der Waals surface area contributed by atoms with Crippen molar-refractivity contribution in [1.82, 2.24) is 59.8 Å². The first-order valence-corrected chi connectivity index (χ1v) is 42.5. The van der Waals surface area contributed by atoms with Crippen LogP contribution in [0.3, 0.4) is 0 Å². The number of aromatic nitrogens is 12. The molecule has 121 heavy (non-hydrogen) atoms. The number of hydrogen-bond acceptors (Lipinski definition) is 12. The van der Waals surface area contributed by atoms with Crippen LogP contribution in [0.1, 0.15) is 25.0 Å². The highest BCUT2D eigenvalue weighted by molar-refractivity contribution is 9.11. The summed E-state index contributed by atoms with van der Waals surface area (Å²) >= 11 is 14.2. The molecule has 0 fully saturated rings. The second-order valence-corrected chi connectivity index (χ2v) is 33.3. The Hall–Kier alpha value is -13.7. The molecule has 1 aliphatic carbocycles. The average molecular weight is 1820 g/mol. The molecule has 16 heteroatoms. The van der Waals surface area contributed by atoms with Gasteiger partial charge in [0.25, 0.3) is 0 Å². The first-order valence-electron chi connectivity index (χ1n) is 39.4. The second kappa shape index (κ2) is 33.9. The fourth-order valence-corrected chi connectivity index (χ4v) is 17.3. The normalized spacial score (nSPS) is 11.8. The van der Waals surface area contributed by atoms with E-state index < -0.39 is 0 Å². The summed E-state index contributed by atoms with van der Waals surface area (Å²) in [5.74, 6) is 2.76. The molecule has 8 heterocycles. The number of benzene rings is 13. The Morgan fingerprint density at radius 3 is 1.03 bits per heavy atom. The van der Waals surface area contributed by atoms with Crippen LogP contribution in [0.4, 0.5) is 0 Å². The smallest absolute Gasteiger partial charge is 0.160 e. The van der Waals surface area contributed by atoms with Crippen LogP contribution in [-0.4, -0.2) is 59.8 Å². The predicted molar refractivity (Wildman–Crippen MR) is 507 cm³/mol. The monoisotopic (exact) mass is 1810 g/mol. The Morgan fingerprint density at radius 2 is 0.554 bits per heavy atom. The van der Waals surface area contributed by atoms with Gasteiger partial charge in [-0.3, -0.25) is 19.9 Å². The minimum Gasteiger partial charge on any atom is -0.252 e. The minimum absolute atomic E-state index is 0.0642. The summed E-state index contributed by atoms with van der Waals surface area (Å²) in [5.41, 5.74) is 27.8. The van der Waals surface area contributed by atoms with E-state index >= 15 is 0 Å². The Morgan fingerprint density at radius 1 is 0.207 bits per heavy atom. The van der Waals surface area contributed by atoms with E-state index in [1.807, 2.05) is 158 Å². The lowest BCUT2D eigenvalue weighted by Gasteiger charge is -2.22. The topological polar surface area (TPSA) is 155 Å². The van der Waals surface area contributed by atoms with Crippen molar-refractivity contribution >= 4 is 129 Å². The summed E-state index contributed by atoms with van der Waals surface area (Å²) in [6, 6.07) is 120. The molecule has 8 aromatic heterocycles. The standard InChI is InChI=1S/C31H20BrN3.C28H20BrN3.2C23H14BrN3/c32-27-14-7-13-23(20-27)31-34-28-15-8-16-33-30(28)29(35-31)26-18-24(21-9-3-1-4-10-21)17-25(19-26)22-11-5-2-6-12-22;1-28(2)22-10-4-3-9-20(22)21-13-12-17(16-23(21)28)25-26-24(11-6-14-30-26)31-27(32-25)18-7-5-8-19(29)15-18;24-17-9-3-8-16(14-17)23-26-20-12-5-13-25-22(20)21(27-23)19-11-4-7-15-6-1-2-10-18(15)19;24-19-8-3-7-18(14-19)23-26-20-9-4-12-25-22(20)21(27-23)17-11-10-15-5-1-2-6-16(15)13-17/h1-20H;3-16H,1-2H3;2*1-14H. The Balaban J connectivity index is 0.000000107. The summed E-state index contributed by atoms with van der Waals surface area (Å²) in [6.45, 7) is 4.59. The molecule has 0 N–H and O–H groups in total. The summed E-state index contributed by atoms with van der Waals surface area (Å²) in [4.78, 5) is 57.5. The SMILES string of the molecule is Brc1cccc(-c2nc(-c3cc(-c4ccccc4)cc(-c4ccccc4)c3)c3ncccc3n2)c1.Brc1cccc(-c2nc(-c3ccc4ccccc4c3)c3ncccc3n2)c1.Brc1cccc(-c2nc(-c3cccc4ccccc34)c3ncccc3n2)c1.CC1(C)c2ccccc2-c2ccc(-c3nc(-c4cccc(Br)c4)nc4cccnc34)cc21. The molecule has 0 saturated carbocycles. The van der Waals surface area contributed by atoms with Gasteiger partial charge in [0.15, 0.2) is 23.3 Å². The van der Waals surface area contributed by atoms with Gasteiger partial charge in [-0.15, -0.1) is 0 Å². The number of nitrogens with zero attached hydrogens (tertiary/aromatic N) is 12. The highest BCUT2D eigenvalue weighted by Gasteiger charge is 2.36. The summed E-state index contributed by atoms with van der Waals surface area (Å²) in [6.07, 6.45) is 7.18. The first kappa shape index (κ1) is 77.2. The van der Waals surface area contributed by atoms with Gasteiger partial charge < -0.3 is 0 Å². The molecule has 22 rings (SSSR count). The van der Waals surface area contributed by atoms with Crippen LogP contribution < -0.4 is 0 Å². The van der Waals surface area contributed by atoms with Gasteiger partial charge in [0, 0.05) is 92.6 Å². The van der Waals surface area contributed by atoms with Crippen molar-refractivity contribution in [1.29, 1.82) is 0 Å². The molecule has 1 aliphatic rings. The van der Waals surface area contributed by atoms with Crippen LogP contribution in [-0.2, 0) is 5.41 Å². The van der Waals surface area contributed by atoms with Crippen LogP contribution in [0.25, 0.3) is 190 Å². The number of pyridine rings is 4. The van der Waals surface area contributed by atoms with E-state index in [1.54, 1.807) is 24.8 Å². The molecule has 0 bridgehead atoms. The van der Waals surface area contributed by atoms with Crippen molar-refractivity contribution in [2.45, 2.75) is 19.3 Å². The number of fused-ring (bicyclic) bond motifs is 9. The van der Waals surface area contributed by atoms with Crippen molar-refractivity contribution in [3.05, 3.63) is 406 Å². The lowest BCUT2D eigenvalue weighted by Crippen LogP contribution is -2.15. The van der Waals surface area contributed by atoms with Gasteiger partial charge in [-0.1, -0.05) is 302 Å². The molecule has 0 aliphatic heterocycles. The van der Waals surface area contributed by atoms with Gasteiger partial charge in [0.05, 0.1) is 22.1 Å². The van der Waals surface area contributed by atoms with Crippen LogP contribution >= 0.6 is 63.7 Å². The van der Waals surface area contributed by atoms with E-state index in [0.29, 0.717) is 23.3 Å². The van der Waals surface area contributed by atoms with Crippen molar-refractivity contribution in [3.63, 3.8) is 0 Å². The summed E-state index contributed by atoms with van der Waals surface area (Å²) in [5, 5.41) is 4.73. The van der Waals surface area contributed by atoms with E-state index in [1.165, 1.54) is 38.4 Å². The zero-order valence-electron chi connectivity index (χ0n) is 65.2. The highest BCUT2D eigenvalue weighted by Crippen LogP contribution is 2.50. The lowest BCUT2D eigenvalue weighted by atomic mass is 9.82. The fourth-order valence-electron chi connectivity index (χ4n) is 15.7. The van der Waals surface area contributed by atoms with Gasteiger partial charge in [-0.05, 0) is 193 Å². The molecule has 12 nitrogen and oxygen atoms in total. The number of hydrogen-bond donors (Lipinski definition) is 0. The number of rotatable bonds is 10. The number of halogens is 4. The largest absolute Gasteiger partial charge is 0.252 e. The fraction of sp³-hybridized carbons (Fsp3) is 0.0286. The summed E-state index contributed by atoms with van der Waals surface area (Å²) in [7, 11) is 0. The van der Waals surface area contributed by atoms with Crippen molar-refractivity contribution in [2.24, 2.45) is 0 Å². The van der Waals surface area contributed by atoms with Gasteiger partial charge in [-0.25, -0.2) is 39.9 Å². The molecule has 0 amide bonds.